The van der Waals surface area contributed by atoms with Crippen molar-refractivity contribution in [2.24, 2.45) is 5.41 Å². The Morgan fingerprint density at radius 1 is 1.24 bits per heavy atom. The van der Waals surface area contributed by atoms with Crippen LogP contribution in [0.15, 0.2) is 53.8 Å². The highest BCUT2D eigenvalue weighted by Crippen LogP contribution is 2.34. The van der Waals surface area contributed by atoms with Gasteiger partial charge in [-0.2, -0.15) is 0 Å². The second-order valence-electron chi connectivity index (χ2n) is 6.88. The lowest BCUT2D eigenvalue weighted by molar-refractivity contribution is -0.136. The molecule has 0 saturated carbocycles. The van der Waals surface area contributed by atoms with E-state index < -0.39 is 12.1 Å². The van der Waals surface area contributed by atoms with Gasteiger partial charge in [0.05, 0.1) is 7.11 Å². The van der Waals surface area contributed by atoms with E-state index in [1.54, 1.807) is 6.08 Å². The van der Waals surface area contributed by atoms with Crippen LogP contribution in [0.3, 0.4) is 0 Å². The lowest BCUT2D eigenvalue weighted by Gasteiger charge is -2.27. The number of allylic oxidation sites excluding steroid dienone is 3. The minimum atomic E-state index is -0.683. The quantitative estimate of drug-likeness (QED) is 0.645. The first-order chi connectivity index (χ1) is 11.9. The zero-order valence-corrected chi connectivity index (χ0v) is 15.0. The minimum absolute atomic E-state index is 0.0894. The average Bonchev–Trinajstić information content (AvgIpc) is 2.61. The normalized spacial score (nSPS) is 16.6. The molecule has 2 rings (SSSR count). The van der Waals surface area contributed by atoms with E-state index in [9.17, 15) is 9.59 Å². The Kier molecular flexibility index (Phi) is 6.39. The maximum absolute atomic E-state index is 12.0. The van der Waals surface area contributed by atoms with Crippen LogP contribution in [-0.2, 0) is 20.9 Å². The largest absolute Gasteiger partial charge is 0.464 e. The summed E-state index contributed by atoms with van der Waals surface area (Å²) in [6.07, 6.45) is 5.91. The van der Waals surface area contributed by atoms with Gasteiger partial charge in [0.2, 0.25) is 0 Å². The fraction of sp³-hybridized carbons (Fsp3) is 0.400. The molecule has 0 saturated heterocycles. The molecule has 0 unspecified atom stereocenters. The number of ether oxygens (including phenoxy) is 2. The lowest BCUT2D eigenvalue weighted by Crippen LogP contribution is -2.29. The van der Waals surface area contributed by atoms with Crippen LogP contribution in [0.1, 0.15) is 38.7 Å². The van der Waals surface area contributed by atoms with Gasteiger partial charge in [0.25, 0.3) is 0 Å². The third-order valence-corrected chi connectivity index (χ3v) is 4.19. The number of nitrogens with one attached hydrogen (secondary N) is 1. The fourth-order valence-corrected chi connectivity index (χ4v) is 2.54. The number of benzene rings is 1. The van der Waals surface area contributed by atoms with Crippen molar-refractivity contribution in [1.29, 1.82) is 0 Å². The number of carbonyl (C=O) groups excluding carboxylic acids is 2. The summed E-state index contributed by atoms with van der Waals surface area (Å²) in [4.78, 5) is 23.9. The molecule has 0 fully saturated rings. The second-order valence-corrected chi connectivity index (χ2v) is 6.88. The molecule has 0 radical (unpaired) electrons. The van der Waals surface area contributed by atoms with E-state index in [0.29, 0.717) is 0 Å². The molecule has 0 aliphatic heterocycles. The van der Waals surface area contributed by atoms with Gasteiger partial charge in [0.1, 0.15) is 12.3 Å². The molecule has 0 bridgehead atoms. The topological polar surface area (TPSA) is 64.6 Å². The monoisotopic (exact) mass is 343 g/mol. The molecule has 1 amide bonds. The van der Waals surface area contributed by atoms with E-state index in [2.05, 4.69) is 25.2 Å². The molecular weight excluding hydrogens is 318 g/mol. The van der Waals surface area contributed by atoms with Gasteiger partial charge in [0, 0.05) is 0 Å². The number of methoxy groups -OCH3 is 1. The molecule has 1 aromatic carbocycles. The van der Waals surface area contributed by atoms with Crippen molar-refractivity contribution in [1.82, 2.24) is 5.32 Å². The number of rotatable bonds is 5. The number of esters is 1. The molecule has 0 atom stereocenters. The van der Waals surface area contributed by atoms with Crippen LogP contribution in [-0.4, -0.2) is 19.2 Å². The Morgan fingerprint density at radius 2 is 1.96 bits per heavy atom. The molecule has 1 aromatic rings. The summed E-state index contributed by atoms with van der Waals surface area (Å²) in [6.45, 7) is 4.56. The first kappa shape index (κ1) is 18.8. The van der Waals surface area contributed by atoms with Gasteiger partial charge in [-0.25, -0.2) is 9.59 Å². The van der Waals surface area contributed by atoms with E-state index in [1.807, 2.05) is 30.3 Å². The van der Waals surface area contributed by atoms with E-state index in [4.69, 9.17) is 9.47 Å². The van der Waals surface area contributed by atoms with Crippen LogP contribution < -0.4 is 5.32 Å². The van der Waals surface area contributed by atoms with Gasteiger partial charge < -0.3 is 9.47 Å². The highest BCUT2D eigenvalue weighted by atomic mass is 16.6. The van der Waals surface area contributed by atoms with Crippen LogP contribution in [0.25, 0.3) is 0 Å². The zero-order chi connectivity index (χ0) is 18.3. The van der Waals surface area contributed by atoms with E-state index in [-0.39, 0.29) is 17.7 Å². The number of hydrogen-bond acceptors (Lipinski definition) is 4. The van der Waals surface area contributed by atoms with Crippen LogP contribution in [0.2, 0.25) is 0 Å². The number of alkyl carbamates (subject to hydrolysis) is 1. The minimum Gasteiger partial charge on any atom is -0.464 e. The Morgan fingerprint density at radius 3 is 2.56 bits per heavy atom. The van der Waals surface area contributed by atoms with Gasteiger partial charge in [-0.1, -0.05) is 50.3 Å². The Bertz CT molecular complexity index is 674. The Hall–Kier alpha value is -2.56. The first-order valence-corrected chi connectivity index (χ1v) is 8.36. The standard InChI is InChI=1S/C20H25NO4/c1-20(2)11-9-15(10-12-20)13-17(18(22)24-3)21-19(23)25-14-16-7-5-4-6-8-16/h4-9,13H,10-12,14H2,1-3H3,(H,21,23)/b17-13-. The van der Waals surface area contributed by atoms with Crippen molar-refractivity contribution in [2.75, 3.05) is 7.11 Å². The Balaban J connectivity index is 2.00. The van der Waals surface area contributed by atoms with Crippen molar-refractivity contribution in [2.45, 2.75) is 39.7 Å². The Labute approximate surface area is 148 Å². The molecule has 5 heteroatoms. The number of carbonyl (C=O) groups is 2. The van der Waals surface area contributed by atoms with Gasteiger partial charge in [-0.05, 0) is 41.9 Å². The van der Waals surface area contributed by atoms with Crippen molar-refractivity contribution in [3.63, 3.8) is 0 Å². The van der Waals surface area contributed by atoms with E-state index in [0.717, 1.165) is 30.4 Å². The third-order valence-electron chi connectivity index (χ3n) is 4.19. The predicted molar refractivity (Wildman–Crippen MR) is 95.6 cm³/mol. The van der Waals surface area contributed by atoms with Crippen molar-refractivity contribution >= 4 is 12.1 Å². The predicted octanol–water partition coefficient (Wildman–Crippen LogP) is 4.11. The molecule has 25 heavy (non-hydrogen) atoms. The first-order valence-electron chi connectivity index (χ1n) is 8.36. The fourth-order valence-electron chi connectivity index (χ4n) is 2.54. The molecule has 1 aliphatic rings. The molecule has 0 spiro atoms. The number of amides is 1. The van der Waals surface area contributed by atoms with Crippen molar-refractivity contribution in [3.8, 4) is 0 Å². The van der Waals surface area contributed by atoms with E-state index in [1.165, 1.54) is 7.11 Å². The van der Waals surface area contributed by atoms with Crippen molar-refractivity contribution < 1.29 is 19.1 Å². The molecule has 0 aromatic heterocycles. The molecule has 0 heterocycles. The summed E-state index contributed by atoms with van der Waals surface area (Å²) in [7, 11) is 1.28. The summed E-state index contributed by atoms with van der Waals surface area (Å²) >= 11 is 0. The molecular formula is C20H25NO4. The summed E-state index contributed by atoms with van der Waals surface area (Å²) in [5.41, 5.74) is 2.25. The second kappa shape index (κ2) is 8.51. The summed E-state index contributed by atoms with van der Waals surface area (Å²) in [5, 5.41) is 2.49. The average molecular weight is 343 g/mol. The maximum atomic E-state index is 12.0. The third kappa shape index (κ3) is 6.10. The summed E-state index contributed by atoms with van der Waals surface area (Å²) < 4.78 is 9.91. The van der Waals surface area contributed by atoms with Crippen LogP contribution in [0, 0.1) is 5.41 Å². The summed E-state index contributed by atoms with van der Waals surface area (Å²) in [5.74, 6) is -0.595. The number of hydrogen-bond donors (Lipinski definition) is 1. The van der Waals surface area contributed by atoms with Crippen LogP contribution in [0.5, 0.6) is 0 Å². The van der Waals surface area contributed by atoms with Gasteiger partial charge in [0.15, 0.2) is 0 Å². The maximum Gasteiger partial charge on any atom is 0.412 e. The molecule has 1 N–H and O–H groups in total. The van der Waals surface area contributed by atoms with Crippen LogP contribution >= 0.6 is 0 Å². The highest BCUT2D eigenvalue weighted by Gasteiger charge is 2.22. The SMILES string of the molecule is COC(=O)/C(=C/C1=CCC(C)(C)CC1)NC(=O)OCc1ccccc1. The van der Waals surface area contributed by atoms with Gasteiger partial charge in [-0.15, -0.1) is 0 Å². The molecule has 1 aliphatic carbocycles. The van der Waals surface area contributed by atoms with Crippen LogP contribution in [0.4, 0.5) is 4.79 Å². The molecule has 134 valence electrons. The molecule has 5 nitrogen and oxygen atoms in total. The van der Waals surface area contributed by atoms with E-state index >= 15 is 0 Å². The van der Waals surface area contributed by atoms with Gasteiger partial charge in [-0.3, -0.25) is 5.32 Å². The smallest absolute Gasteiger partial charge is 0.412 e. The highest BCUT2D eigenvalue weighted by molar-refractivity contribution is 5.92. The summed E-state index contributed by atoms with van der Waals surface area (Å²) in [6, 6.07) is 9.35. The zero-order valence-electron chi connectivity index (χ0n) is 15.0. The van der Waals surface area contributed by atoms with Gasteiger partial charge >= 0.3 is 12.1 Å². The van der Waals surface area contributed by atoms with Crippen molar-refractivity contribution in [3.05, 3.63) is 59.3 Å². The lowest BCUT2D eigenvalue weighted by atomic mass is 9.78.